The summed E-state index contributed by atoms with van der Waals surface area (Å²) in [7, 11) is 3.33. The maximum absolute atomic E-state index is 5.47. The number of ether oxygens (including phenoxy) is 2. The summed E-state index contributed by atoms with van der Waals surface area (Å²) in [6, 6.07) is 5.64. The van der Waals surface area contributed by atoms with Crippen LogP contribution in [0.3, 0.4) is 0 Å². The molecular formula is C14H21N3O2. The van der Waals surface area contributed by atoms with E-state index in [1.54, 1.807) is 20.2 Å². The number of hydrogen-bond acceptors (Lipinski definition) is 3. The lowest BCUT2D eigenvalue weighted by atomic mass is 10.2. The molecule has 0 aliphatic rings. The topological polar surface area (TPSA) is 54.9 Å². The van der Waals surface area contributed by atoms with Crippen LogP contribution in [0.25, 0.3) is 0 Å². The smallest absolute Gasteiger partial charge is 0.195 e. The highest BCUT2D eigenvalue weighted by molar-refractivity contribution is 5.93. The Labute approximate surface area is 114 Å². The molecule has 0 aromatic heterocycles. The van der Waals surface area contributed by atoms with Crippen LogP contribution < -0.4 is 20.1 Å². The van der Waals surface area contributed by atoms with Crippen LogP contribution in [0, 0.1) is 0 Å². The Morgan fingerprint density at radius 2 is 2.21 bits per heavy atom. The van der Waals surface area contributed by atoms with Gasteiger partial charge in [-0.15, -0.1) is 6.58 Å². The fourth-order valence-corrected chi connectivity index (χ4v) is 1.50. The summed E-state index contributed by atoms with van der Waals surface area (Å²) in [5.74, 6) is 2.08. The number of anilines is 1. The Balaban J connectivity index is 2.81. The molecule has 1 aromatic rings. The first kappa shape index (κ1) is 14.9. The van der Waals surface area contributed by atoms with Crippen molar-refractivity contribution in [2.75, 3.05) is 32.6 Å². The zero-order valence-electron chi connectivity index (χ0n) is 11.7. The normalized spacial score (nSPS) is 10.8. The highest BCUT2D eigenvalue weighted by Gasteiger charge is 2.06. The second kappa shape index (κ2) is 8.02. The van der Waals surface area contributed by atoms with Crippen molar-refractivity contribution in [1.29, 1.82) is 0 Å². The molecule has 0 bridgehead atoms. The number of nitrogens with zero attached hydrogens (tertiary/aromatic N) is 1. The second-order valence-electron chi connectivity index (χ2n) is 3.67. The first-order chi connectivity index (χ1) is 9.24. The minimum atomic E-state index is 0.603. The van der Waals surface area contributed by atoms with Crippen LogP contribution in [0.2, 0.25) is 0 Å². The highest BCUT2D eigenvalue weighted by Crippen LogP contribution is 2.30. The van der Waals surface area contributed by atoms with E-state index in [-0.39, 0.29) is 0 Å². The number of hydrogen-bond donors (Lipinski definition) is 2. The maximum atomic E-state index is 5.47. The van der Waals surface area contributed by atoms with Gasteiger partial charge in [-0.3, -0.25) is 4.99 Å². The van der Waals surface area contributed by atoms with Crippen molar-refractivity contribution >= 4 is 11.6 Å². The number of guanidine groups is 1. The first-order valence-corrected chi connectivity index (χ1v) is 6.14. The predicted octanol–water partition coefficient (Wildman–Crippen LogP) is 2.27. The summed E-state index contributed by atoms with van der Waals surface area (Å²) in [4.78, 5) is 4.11. The molecule has 0 unspecified atom stereocenters. The van der Waals surface area contributed by atoms with Gasteiger partial charge in [0.05, 0.1) is 13.7 Å². The van der Waals surface area contributed by atoms with Gasteiger partial charge in [-0.2, -0.15) is 0 Å². The lowest BCUT2D eigenvalue weighted by molar-refractivity contribution is 0.311. The summed E-state index contributed by atoms with van der Waals surface area (Å²) >= 11 is 0. The fraction of sp³-hybridized carbons (Fsp3) is 0.357. The lowest BCUT2D eigenvalue weighted by Gasteiger charge is -2.13. The third-order valence-corrected chi connectivity index (χ3v) is 2.36. The summed E-state index contributed by atoms with van der Waals surface area (Å²) < 4.78 is 10.8. The van der Waals surface area contributed by atoms with Crippen LogP contribution in [0.15, 0.2) is 35.8 Å². The van der Waals surface area contributed by atoms with Gasteiger partial charge in [0, 0.05) is 25.3 Å². The van der Waals surface area contributed by atoms with E-state index in [2.05, 4.69) is 22.2 Å². The molecule has 5 nitrogen and oxygen atoms in total. The van der Waals surface area contributed by atoms with Gasteiger partial charge in [0.2, 0.25) is 0 Å². The molecule has 19 heavy (non-hydrogen) atoms. The molecule has 0 saturated heterocycles. The Hall–Kier alpha value is -2.17. The monoisotopic (exact) mass is 263 g/mol. The Bertz CT molecular complexity index is 444. The van der Waals surface area contributed by atoms with Crippen LogP contribution in [-0.2, 0) is 0 Å². The molecule has 0 amide bonds. The van der Waals surface area contributed by atoms with Crippen LogP contribution in [-0.4, -0.2) is 33.3 Å². The maximum Gasteiger partial charge on any atom is 0.195 e. The average Bonchev–Trinajstić information content (AvgIpc) is 2.45. The zero-order valence-corrected chi connectivity index (χ0v) is 11.7. The fourth-order valence-electron chi connectivity index (χ4n) is 1.50. The van der Waals surface area contributed by atoms with E-state index in [0.29, 0.717) is 24.9 Å². The van der Waals surface area contributed by atoms with Gasteiger partial charge in [-0.25, -0.2) is 0 Å². The van der Waals surface area contributed by atoms with Crippen molar-refractivity contribution in [3.63, 3.8) is 0 Å². The Kier molecular flexibility index (Phi) is 6.29. The summed E-state index contributed by atoms with van der Waals surface area (Å²) in [6.07, 6.45) is 1.77. The highest BCUT2D eigenvalue weighted by atomic mass is 16.5. The molecule has 2 N–H and O–H groups in total. The quantitative estimate of drug-likeness (QED) is 0.469. The molecule has 0 atom stereocenters. The molecule has 1 aromatic carbocycles. The molecule has 1 rings (SSSR count). The van der Waals surface area contributed by atoms with Crippen LogP contribution in [0.5, 0.6) is 11.5 Å². The van der Waals surface area contributed by atoms with Crippen molar-refractivity contribution in [1.82, 2.24) is 5.32 Å². The standard InChI is InChI=1S/C14H21N3O2/c1-5-9-16-14(15-3)17-11-7-8-12(19-6-2)13(10-11)18-4/h5,7-8,10H,1,6,9H2,2-4H3,(H2,15,16,17). The van der Waals surface area contributed by atoms with Gasteiger partial charge < -0.3 is 20.1 Å². The predicted molar refractivity (Wildman–Crippen MR) is 79.3 cm³/mol. The number of aliphatic imine (C=N–C) groups is 1. The third-order valence-electron chi connectivity index (χ3n) is 2.36. The minimum absolute atomic E-state index is 0.603. The SMILES string of the molecule is C=CCNC(=NC)Nc1ccc(OCC)c(OC)c1. The largest absolute Gasteiger partial charge is 0.493 e. The van der Waals surface area contributed by atoms with E-state index in [9.17, 15) is 0 Å². The van der Waals surface area contributed by atoms with Crippen molar-refractivity contribution < 1.29 is 9.47 Å². The molecule has 104 valence electrons. The van der Waals surface area contributed by atoms with E-state index in [0.717, 1.165) is 11.4 Å². The lowest BCUT2D eigenvalue weighted by Crippen LogP contribution is -2.30. The van der Waals surface area contributed by atoms with E-state index in [4.69, 9.17) is 9.47 Å². The Morgan fingerprint density at radius 1 is 1.42 bits per heavy atom. The van der Waals surface area contributed by atoms with Gasteiger partial charge in [-0.1, -0.05) is 6.08 Å². The van der Waals surface area contributed by atoms with Gasteiger partial charge in [0.15, 0.2) is 17.5 Å². The van der Waals surface area contributed by atoms with Crippen LogP contribution in [0.4, 0.5) is 5.69 Å². The molecule has 0 radical (unpaired) electrons. The van der Waals surface area contributed by atoms with Gasteiger partial charge in [-0.05, 0) is 19.1 Å². The zero-order chi connectivity index (χ0) is 14.1. The number of rotatable bonds is 6. The molecular weight excluding hydrogens is 242 g/mol. The molecule has 0 spiro atoms. The van der Waals surface area contributed by atoms with Crippen LogP contribution >= 0.6 is 0 Å². The van der Waals surface area contributed by atoms with E-state index < -0.39 is 0 Å². The summed E-state index contributed by atoms with van der Waals surface area (Å²) in [5, 5.41) is 6.26. The van der Waals surface area contributed by atoms with Gasteiger partial charge in [0.1, 0.15) is 0 Å². The summed E-state index contributed by atoms with van der Waals surface area (Å²) in [5.41, 5.74) is 0.873. The minimum Gasteiger partial charge on any atom is -0.493 e. The summed E-state index contributed by atoms with van der Waals surface area (Å²) in [6.45, 7) is 6.84. The van der Waals surface area contributed by atoms with E-state index in [1.165, 1.54) is 0 Å². The van der Waals surface area contributed by atoms with E-state index in [1.807, 2.05) is 25.1 Å². The van der Waals surface area contributed by atoms with Crippen molar-refractivity contribution in [2.45, 2.75) is 6.92 Å². The van der Waals surface area contributed by atoms with Crippen LogP contribution in [0.1, 0.15) is 6.92 Å². The molecule has 5 heteroatoms. The molecule has 0 aliphatic heterocycles. The van der Waals surface area contributed by atoms with Crippen molar-refractivity contribution in [2.24, 2.45) is 4.99 Å². The number of nitrogens with one attached hydrogen (secondary N) is 2. The first-order valence-electron chi connectivity index (χ1n) is 6.14. The number of benzene rings is 1. The molecule has 0 aliphatic carbocycles. The number of methoxy groups -OCH3 is 1. The molecule has 0 saturated carbocycles. The average molecular weight is 263 g/mol. The molecule has 0 heterocycles. The second-order valence-corrected chi connectivity index (χ2v) is 3.67. The van der Waals surface area contributed by atoms with Crippen molar-refractivity contribution in [3.8, 4) is 11.5 Å². The van der Waals surface area contributed by atoms with Crippen molar-refractivity contribution in [3.05, 3.63) is 30.9 Å². The van der Waals surface area contributed by atoms with E-state index >= 15 is 0 Å². The third kappa shape index (κ3) is 4.54. The molecule has 0 fully saturated rings. The van der Waals surface area contributed by atoms with Gasteiger partial charge in [0.25, 0.3) is 0 Å². The van der Waals surface area contributed by atoms with Gasteiger partial charge >= 0.3 is 0 Å². The Morgan fingerprint density at radius 3 is 2.79 bits per heavy atom.